The number of alkyl halides is 3. The summed E-state index contributed by atoms with van der Waals surface area (Å²) in [5, 5.41) is 2.81. The van der Waals surface area contributed by atoms with Crippen molar-refractivity contribution in [2.75, 3.05) is 26.7 Å². The molecule has 1 spiro atoms. The molecule has 2 rings (SSSR count). The van der Waals surface area contributed by atoms with E-state index >= 15 is 0 Å². The minimum atomic E-state index is -4.11. The van der Waals surface area contributed by atoms with Crippen LogP contribution in [0.1, 0.15) is 32.1 Å². The third-order valence-electron chi connectivity index (χ3n) is 4.06. The largest absolute Gasteiger partial charge is 0.390 e. The lowest BCUT2D eigenvalue weighted by Crippen LogP contribution is -2.43. The molecule has 1 saturated heterocycles. The van der Waals surface area contributed by atoms with Gasteiger partial charge in [-0.3, -0.25) is 4.99 Å². The molecule has 112 valence electrons. The number of rotatable bonds is 2. The maximum Gasteiger partial charge on any atom is 0.390 e. The van der Waals surface area contributed by atoms with Crippen molar-refractivity contribution in [2.45, 2.75) is 38.3 Å². The number of aliphatic imine (C=N–C) groups is 1. The first-order valence-corrected chi connectivity index (χ1v) is 6.47. The normalized spacial score (nSPS) is 22.1. The van der Waals surface area contributed by atoms with Gasteiger partial charge in [-0.25, -0.2) is 0 Å². The molecule has 1 heterocycles. The lowest BCUT2D eigenvalue weighted by atomic mass is 9.68. The quantitative estimate of drug-likeness (QED) is 0.445. The van der Waals surface area contributed by atoms with Gasteiger partial charge >= 0.3 is 6.18 Å². The number of nitrogens with zero attached hydrogens (tertiary/aromatic N) is 2. The van der Waals surface area contributed by atoms with Crippen LogP contribution in [0.25, 0.3) is 0 Å². The Kier molecular flexibility index (Phi) is 5.76. The van der Waals surface area contributed by atoms with Gasteiger partial charge in [-0.05, 0) is 24.7 Å². The Bertz CT molecular complexity index is 327. The number of nitrogens with one attached hydrogen (secondary N) is 1. The second-order valence-electron chi connectivity index (χ2n) is 5.36. The molecule has 0 atom stereocenters. The van der Waals surface area contributed by atoms with Crippen LogP contribution in [0.15, 0.2) is 4.99 Å². The van der Waals surface area contributed by atoms with E-state index in [-0.39, 0.29) is 30.5 Å². The first kappa shape index (κ1) is 16.8. The molecule has 1 aliphatic carbocycles. The van der Waals surface area contributed by atoms with Gasteiger partial charge in [-0.15, -0.1) is 24.0 Å². The third kappa shape index (κ3) is 4.39. The highest BCUT2D eigenvalue weighted by Crippen LogP contribution is 2.47. The zero-order valence-electron chi connectivity index (χ0n) is 11.1. The standard InChI is InChI=1S/C12H20F3N3.HI/c1-16-10(17-7-5-12(13,14)15)18-8-6-11(9-18)3-2-4-11;/h2-9H2,1H3,(H,16,17);1H. The zero-order valence-corrected chi connectivity index (χ0v) is 13.4. The zero-order chi connectivity index (χ0) is 13.2. The lowest BCUT2D eigenvalue weighted by molar-refractivity contribution is -0.132. The summed E-state index contributed by atoms with van der Waals surface area (Å²) in [5.41, 5.74) is 0.432. The molecule has 2 aliphatic rings. The molecule has 0 aromatic heterocycles. The van der Waals surface area contributed by atoms with Crippen LogP contribution in [0, 0.1) is 5.41 Å². The Hall–Kier alpha value is -0.210. The second-order valence-corrected chi connectivity index (χ2v) is 5.36. The fourth-order valence-corrected chi connectivity index (χ4v) is 2.85. The van der Waals surface area contributed by atoms with Crippen LogP contribution in [0.3, 0.4) is 0 Å². The molecule has 1 N–H and O–H groups in total. The van der Waals surface area contributed by atoms with Gasteiger partial charge in [0, 0.05) is 26.7 Å². The molecule has 0 bridgehead atoms. The maximum atomic E-state index is 12.1. The van der Waals surface area contributed by atoms with E-state index in [9.17, 15) is 13.2 Å². The van der Waals surface area contributed by atoms with Gasteiger partial charge in [0.2, 0.25) is 0 Å². The molecule has 0 amide bonds. The highest BCUT2D eigenvalue weighted by molar-refractivity contribution is 14.0. The van der Waals surface area contributed by atoms with Gasteiger partial charge in [0.15, 0.2) is 5.96 Å². The predicted octanol–water partition coefficient (Wildman–Crippen LogP) is 3.01. The summed E-state index contributed by atoms with van der Waals surface area (Å²) in [7, 11) is 1.63. The highest BCUT2D eigenvalue weighted by atomic mass is 127. The molecular weight excluding hydrogens is 370 g/mol. The van der Waals surface area contributed by atoms with Crippen molar-refractivity contribution in [2.24, 2.45) is 10.4 Å². The average molecular weight is 391 g/mol. The summed E-state index contributed by atoms with van der Waals surface area (Å²) in [6, 6.07) is 0. The van der Waals surface area contributed by atoms with Gasteiger partial charge in [-0.1, -0.05) is 6.42 Å². The minimum absolute atomic E-state index is 0. The van der Waals surface area contributed by atoms with E-state index in [2.05, 4.69) is 15.2 Å². The fourth-order valence-electron chi connectivity index (χ4n) is 2.85. The van der Waals surface area contributed by atoms with E-state index in [4.69, 9.17) is 0 Å². The Balaban J connectivity index is 0.00000180. The number of hydrogen-bond donors (Lipinski definition) is 1. The molecule has 0 unspecified atom stereocenters. The van der Waals surface area contributed by atoms with Crippen molar-refractivity contribution in [3.63, 3.8) is 0 Å². The van der Waals surface area contributed by atoms with E-state index in [1.807, 2.05) is 0 Å². The van der Waals surface area contributed by atoms with E-state index in [1.54, 1.807) is 7.05 Å². The molecule has 19 heavy (non-hydrogen) atoms. The molecule has 2 fully saturated rings. The Morgan fingerprint density at radius 1 is 1.32 bits per heavy atom. The van der Waals surface area contributed by atoms with Crippen LogP contribution in [0.2, 0.25) is 0 Å². The molecule has 0 aromatic rings. The smallest absolute Gasteiger partial charge is 0.356 e. The minimum Gasteiger partial charge on any atom is -0.356 e. The van der Waals surface area contributed by atoms with Crippen LogP contribution < -0.4 is 5.32 Å². The van der Waals surface area contributed by atoms with Crippen LogP contribution in [0.5, 0.6) is 0 Å². The first-order chi connectivity index (χ1) is 8.44. The number of likely N-dealkylation sites (tertiary alicyclic amines) is 1. The lowest BCUT2D eigenvalue weighted by Gasteiger charge is -2.38. The van der Waals surface area contributed by atoms with Crippen LogP contribution >= 0.6 is 24.0 Å². The van der Waals surface area contributed by atoms with E-state index < -0.39 is 12.6 Å². The monoisotopic (exact) mass is 391 g/mol. The van der Waals surface area contributed by atoms with Gasteiger partial charge in [0.05, 0.1) is 6.42 Å². The fraction of sp³-hybridized carbons (Fsp3) is 0.917. The van der Waals surface area contributed by atoms with Crippen molar-refractivity contribution in [1.82, 2.24) is 10.2 Å². The highest BCUT2D eigenvalue weighted by Gasteiger charge is 2.43. The summed E-state index contributed by atoms with van der Waals surface area (Å²) in [5.74, 6) is 0.614. The molecule has 1 aliphatic heterocycles. The summed E-state index contributed by atoms with van der Waals surface area (Å²) in [6.45, 7) is 1.75. The van der Waals surface area contributed by atoms with Gasteiger partial charge < -0.3 is 10.2 Å². The predicted molar refractivity (Wildman–Crippen MR) is 79.9 cm³/mol. The maximum absolute atomic E-state index is 12.1. The van der Waals surface area contributed by atoms with Crippen LogP contribution in [0.4, 0.5) is 13.2 Å². The third-order valence-corrected chi connectivity index (χ3v) is 4.06. The average Bonchev–Trinajstić information content (AvgIpc) is 2.67. The summed E-state index contributed by atoms with van der Waals surface area (Å²) in [4.78, 5) is 6.17. The van der Waals surface area contributed by atoms with Crippen molar-refractivity contribution in [3.05, 3.63) is 0 Å². The van der Waals surface area contributed by atoms with Crippen molar-refractivity contribution >= 4 is 29.9 Å². The summed E-state index contributed by atoms with van der Waals surface area (Å²) in [6.07, 6.45) is 0.0179. The van der Waals surface area contributed by atoms with E-state index in [0.717, 1.165) is 19.5 Å². The molecule has 7 heteroatoms. The SMILES string of the molecule is CN=C(NCCC(F)(F)F)N1CCC2(CCC2)C1.I. The number of hydrogen-bond acceptors (Lipinski definition) is 1. The molecule has 0 radical (unpaired) electrons. The van der Waals surface area contributed by atoms with Crippen molar-refractivity contribution < 1.29 is 13.2 Å². The van der Waals surface area contributed by atoms with E-state index in [0.29, 0.717) is 11.4 Å². The summed E-state index contributed by atoms with van der Waals surface area (Å²) >= 11 is 0. The summed E-state index contributed by atoms with van der Waals surface area (Å²) < 4.78 is 36.2. The Labute approximate surface area is 129 Å². The Morgan fingerprint density at radius 2 is 2.00 bits per heavy atom. The van der Waals surface area contributed by atoms with Gasteiger partial charge in [0.1, 0.15) is 0 Å². The molecular formula is C12H21F3IN3. The number of guanidine groups is 1. The van der Waals surface area contributed by atoms with Gasteiger partial charge in [-0.2, -0.15) is 13.2 Å². The van der Waals surface area contributed by atoms with E-state index in [1.165, 1.54) is 19.3 Å². The Morgan fingerprint density at radius 3 is 2.42 bits per heavy atom. The molecule has 0 aromatic carbocycles. The molecule has 3 nitrogen and oxygen atoms in total. The first-order valence-electron chi connectivity index (χ1n) is 6.47. The van der Waals surface area contributed by atoms with Crippen LogP contribution in [-0.4, -0.2) is 43.7 Å². The van der Waals surface area contributed by atoms with Crippen molar-refractivity contribution in [1.29, 1.82) is 0 Å². The topological polar surface area (TPSA) is 27.6 Å². The number of halogens is 4. The van der Waals surface area contributed by atoms with Crippen LogP contribution in [-0.2, 0) is 0 Å². The van der Waals surface area contributed by atoms with Crippen molar-refractivity contribution in [3.8, 4) is 0 Å². The second kappa shape index (κ2) is 6.49. The van der Waals surface area contributed by atoms with Gasteiger partial charge in [0.25, 0.3) is 0 Å². The molecule has 1 saturated carbocycles.